The maximum absolute atomic E-state index is 6.19. The number of rotatable bonds is 2. The maximum atomic E-state index is 6.19. The molecule has 0 radical (unpaired) electrons. The Balaban J connectivity index is 1.73. The van der Waals surface area contributed by atoms with Gasteiger partial charge < -0.3 is 14.2 Å². The highest BCUT2D eigenvalue weighted by atomic mass is 16.5. The van der Waals surface area contributed by atoms with Gasteiger partial charge in [-0.3, -0.25) is 4.90 Å². The Morgan fingerprint density at radius 1 is 0.962 bits per heavy atom. The van der Waals surface area contributed by atoms with E-state index >= 15 is 0 Å². The zero-order valence-corrected chi connectivity index (χ0v) is 15.0. The highest BCUT2D eigenvalue weighted by Gasteiger charge is 2.35. The number of fused-ring (bicyclic) bond motifs is 7. The van der Waals surface area contributed by atoms with Gasteiger partial charge in [0.2, 0.25) is 0 Å². The Bertz CT molecular complexity index is 998. The monoisotopic (exact) mass is 347 g/mol. The molecular formula is C22H21NO3. The van der Waals surface area contributed by atoms with Crippen LogP contribution in [0.2, 0.25) is 0 Å². The van der Waals surface area contributed by atoms with Crippen LogP contribution >= 0.6 is 0 Å². The third-order valence-corrected chi connectivity index (χ3v) is 5.55. The lowest BCUT2D eigenvalue weighted by Crippen LogP contribution is -2.41. The predicted molar refractivity (Wildman–Crippen MR) is 101 cm³/mol. The second-order valence-corrected chi connectivity index (χ2v) is 6.85. The molecule has 0 aliphatic carbocycles. The summed E-state index contributed by atoms with van der Waals surface area (Å²) in [7, 11) is 3.38. The molecule has 132 valence electrons. The van der Waals surface area contributed by atoms with E-state index in [2.05, 4.69) is 53.4 Å². The van der Waals surface area contributed by atoms with Crippen molar-refractivity contribution in [3.05, 3.63) is 65.2 Å². The predicted octanol–water partition coefficient (Wildman–Crippen LogP) is 4.15. The fraction of sp³-hybridized carbons (Fsp3) is 0.273. The smallest absolute Gasteiger partial charge is 0.161 e. The largest absolute Gasteiger partial charge is 0.493 e. The van der Waals surface area contributed by atoms with Gasteiger partial charge in [0, 0.05) is 17.5 Å². The minimum absolute atomic E-state index is 0.187. The molecule has 0 bridgehead atoms. The van der Waals surface area contributed by atoms with Crippen molar-refractivity contribution in [2.24, 2.45) is 0 Å². The molecular weight excluding hydrogens is 326 g/mol. The molecule has 2 aliphatic rings. The Hall–Kier alpha value is -2.72. The Morgan fingerprint density at radius 2 is 1.77 bits per heavy atom. The number of benzene rings is 3. The molecule has 4 heteroatoms. The van der Waals surface area contributed by atoms with E-state index in [0.717, 1.165) is 30.2 Å². The molecule has 0 spiro atoms. The molecule has 1 atom stereocenters. The molecule has 0 aromatic heterocycles. The first-order valence-electron chi connectivity index (χ1n) is 8.93. The van der Waals surface area contributed by atoms with Crippen LogP contribution in [0.1, 0.15) is 22.7 Å². The van der Waals surface area contributed by atoms with Crippen LogP contribution in [0.15, 0.2) is 48.5 Å². The molecule has 3 aromatic carbocycles. The zero-order chi connectivity index (χ0) is 17.7. The van der Waals surface area contributed by atoms with Crippen molar-refractivity contribution in [2.45, 2.75) is 12.5 Å². The first kappa shape index (κ1) is 15.5. The van der Waals surface area contributed by atoms with Crippen LogP contribution in [0.3, 0.4) is 0 Å². The number of nitrogens with zero attached hydrogens (tertiary/aromatic N) is 1. The van der Waals surface area contributed by atoms with Gasteiger partial charge in [0.25, 0.3) is 0 Å². The molecule has 0 fully saturated rings. The highest BCUT2D eigenvalue weighted by molar-refractivity contribution is 5.90. The topological polar surface area (TPSA) is 30.9 Å². The lowest BCUT2D eigenvalue weighted by atomic mass is 9.86. The molecule has 26 heavy (non-hydrogen) atoms. The molecule has 4 nitrogen and oxygen atoms in total. The Labute approximate surface area is 152 Å². The molecule has 0 saturated carbocycles. The SMILES string of the molecule is COc1cc2c(cc1OC)C1c3ccc4ccccc4c3OCN1CC2. The minimum atomic E-state index is 0.187. The summed E-state index contributed by atoms with van der Waals surface area (Å²) in [5, 5.41) is 2.39. The minimum Gasteiger partial charge on any atom is -0.493 e. The van der Waals surface area contributed by atoms with Gasteiger partial charge in [-0.1, -0.05) is 36.4 Å². The first-order valence-corrected chi connectivity index (χ1v) is 8.93. The summed E-state index contributed by atoms with van der Waals surface area (Å²) < 4.78 is 17.3. The van der Waals surface area contributed by atoms with E-state index in [4.69, 9.17) is 14.2 Å². The molecule has 0 amide bonds. The molecule has 0 saturated heterocycles. The fourth-order valence-electron chi connectivity index (χ4n) is 4.28. The lowest BCUT2D eigenvalue weighted by molar-refractivity contribution is 0.0689. The van der Waals surface area contributed by atoms with Crippen LogP contribution in [-0.2, 0) is 6.42 Å². The van der Waals surface area contributed by atoms with Gasteiger partial charge in [-0.25, -0.2) is 0 Å². The maximum Gasteiger partial charge on any atom is 0.161 e. The lowest BCUT2D eigenvalue weighted by Gasteiger charge is -2.41. The van der Waals surface area contributed by atoms with E-state index in [1.165, 1.54) is 27.5 Å². The van der Waals surface area contributed by atoms with Gasteiger partial charge >= 0.3 is 0 Å². The van der Waals surface area contributed by atoms with E-state index in [0.29, 0.717) is 6.73 Å². The normalized spacial score (nSPS) is 18.5. The summed E-state index contributed by atoms with van der Waals surface area (Å²) >= 11 is 0. The van der Waals surface area contributed by atoms with Crippen LogP contribution in [0, 0.1) is 0 Å². The van der Waals surface area contributed by atoms with Gasteiger partial charge in [-0.05, 0) is 35.1 Å². The van der Waals surface area contributed by atoms with Gasteiger partial charge in [0.05, 0.1) is 20.3 Å². The summed E-state index contributed by atoms with van der Waals surface area (Å²) in [5.74, 6) is 2.58. The highest BCUT2D eigenvalue weighted by Crippen LogP contribution is 2.47. The Kier molecular flexibility index (Phi) is 3.54. The van der Waals surface area contributed by atoms with E-state index in [1.54, 1.807) is 14.2 Å². The van der Waals surface area contributed by atoms with Crippen molar-refractivity contribution in [1.82, 2.24) is 4.90 Å². The first-order chi connectivity index (χ1) is 12.8. The van der Waals surface area contributed by atoms with Gasteiger partial charge in [-0.2, -0.15) is 0 Å². The van der Waals surface area contributed by atoms with E-state index < -0.39 is 0 Å². The zero-order valence-electron chi connectivity index (χ0n) is 15.0. The van der Waals surface area contributed by atoms with Crippen LogP contribution in [-0.4, -0.2) is 32.4 Å². The van der Waals surface area contributed by atoms with E-state index in [1.807, 2.05) is 0 Å². The number of hydrogen-bond acceptors (Lipinski definition) is 4. The third-order valence-electron chi connectivity index (χ3n) is 5.55. The van der Waals surface area contributed by atoms with Crippen LogP contribution in [0.4, 0.5) is 0 Å². The van der Waals surface area contributed by atoms with Crippen molar-refractivity contribution < 1.29 is 14.2 Å². The number of ether oxygens (including phenoxy) is 3. The second kappa shape index (κ2) is 5.92. The average Bonchev–Trinajstić information content (AvgIpc) is 2.71. The summed E-state index contributed by atoms with van der Waals surface area (Å²) in [6, 6.07) is 17.3. The van der Waals surface area contributed by atoms with Crippen molar-refractivity contribution in [2.75, 3.05) is 27.5 Å². The Morgan fingerprint density at radius 3 is 2.62 bits per heavy atom. The molecule has 3 aromatic rings. The van der Waals surface area contributed by atoms with Crippen LogP contribution in [0.5, 0.6) is 17.2 Å². The van der Waals surface area contributed by atoms with Crippen molar-refractivity contribution in [1.29, 1.82) is 0 Å². The standard InChI is InChI=1S/C22H21NO3/c1-24-19-11-15-9-10-23-13-26-22-16-6-4-3-5-14(16)7-8-17(22)21(23)18(15)12-20(19)25-2/h3-8,11-12,21H,9-10,13H2,1-2H3. The molecule has 2 heterocycles. The van der Waals surface area contributed by atoms with Gasteiger partial charge in [-0.15, -0.1) is 0 Å². The van der Waals surface area contributed by atoms with E-state index in [9.17, 15) is 0 Å². The second-order valence-electron chi connectivity index (χ2n) is 6.85. The molecule has 0 N–H and O–H groups in total. The van der Waals surface area contributed by atoms with Crippen LogP contribution in [0.25, 0.3) is 10.8 Å². The molecule has 5 rings (SSSR count). The van der Waals surface area contributed by atoms with Gasteiger partial charge in [0.15, 0.2) is 11.5 Å². The fourth-order valence-corrected chi connectivity index (χ4v) is 4.28. The van der Waals surface area contributed by atoms with Crippen molar-refractivity contribution in [3.8, 4) is 17.2 Å². The number of methoxy groups -OCH3 is 2. The van der Waals surface area contributed by atoms with Crippen LogP contribution < -0.4 is 14.2 Å². The number of hydrogen-bond donors (Lipinski definition) is 0. The molecule has 1 unspecified atom stereocenters. The average molecular weight is 347 g/mol. The summed E-state index contributed by atoms with van der Waals surface area (Å²) in [5.41, 5.74) is 3.83. The molecule has 2 aliphatic heterocycles. The quantitative estimate of drug-likeness (QED) is 0.697. The van der Waals surface area contributed by atoms with Crippen molar-refractivity contribution in [3.63, 3.8) is 0 Å². The summed E-state index contributed by atoms with van der Waals surface area (Å²) in [4.78, 5) is 2.39. The summed E-state index contributed by atoms with van der Waals surface area (Å²) in [6.45, 7) is 1.58. The van der Waals surface area contributed by atoms with Gasteiger partial charge in [0.1, 0.15) is 12.5 Å². The van der Waals surface area contributed by atoms with E-state index in [-0.39, 0.29) is 6.04 Å². The third kappa shape index (κ3) is 2.19. The summed E-state index contributed by atoms with van der Waals surface area (Å²) in [6.07, 6.45) is 0.985. The van der Waals surface area contributed by atoms with Crippen molar-refractivity contribution >= 4 is 10.8 Å².